The van der Waals surface area contributed by atoms with E-state index >= 15 is 0 Å². The van der Waals surface area contributed by atoms with Crippen LogP contribution in [-0.4, -0.2) is 24.0 Å². The second-order valence-electron chi connectivity index (χ2n) is 6.60. The van der Waals surface area contributed by atoms with Crippen molar-refractivity contribution in [1.29, 1.82) is 0 Å². The Balaban J connectivity index is 1.64. The number of carbonyl (C=O) groups excluding carboxylic acids is 2. The van der Waals surface area contributed by atoms with Gasteiger partial charge in [-0.25, -0.2) is 0 Å². The number of aryl methyl sites for hydroxylation is 1. The van der Waals surface area contributed by atoms with E-state index < -0.39 is 5.91 Å². The van der Waals surface area contributed by atoms with Crippen molar-refractivity contribution >= 4 is 52.1 Å². The van der Waals surface area contributed by atoms with Gasteiger partial charge in [-0.1, -0.05) is 29.8 Å². The van der Waals surface area contributed by atoms with Crippen molar-refractivity contribution in [3.05, 3.63) is 88.4 Å². The van der Waals surface area contributed by atoms with Crippen LogP contribution in [-0.2, 0) is 0 Å². The molecule has 0 fully saturated rings. The van der Waals surface area contributed by atoms with E-state index in [2.05, 4.69) is 16.0 Å². The molecule has 6 nitrogen and oxygen atoms in total. The summed E-state index contributed by atoms with van der Waals surface area (Å²) >= 11 is 11.2. The quantitative estimate of drug-likeness (QED) is 0.472. The summed E-state index contributed by atoms with van der Waals surface area (Å²) in [5.74, 6) is -0.248. The van der Waals surface area contributed by atoms with Gasteiger partial charge in [-0.05, 0) is 73.2 Å². The standard InChI is InChI=1S/C23H20ClN3O3S/c1-14-12-17(9-10-19(14)26-21(28)15-6-4-3-5-7-15)25-23(31)27-22(29)18-13-16(24)8-11-20(18)30-2/h3-13H,1-2H3,(H,26,28)(H2,25,27,29,31). The normalized spacial score (nSPS) is 10.2. The third kappa shape index (κ3) is 5.81. The van der Waals surface area contributed by atoms with Crippen LogP contribution in [0.15, 0.2) is 66.7 Å². The maximum atomic E-state index is 12.5. The summed E-state index contributed by atoms with van der Waals surface area (Å²) in [6.45, 7) is 1.87. The Kier molecular flexibility index (Phi) is 7.23. The van der Waals surface area contributed by atoms with Crippen LogP contribution in [0.5, 0.6) is 5.75 Å². The van der Waals surface area contributed by atoms with Crippen molar-refractivity contribution in [3.63, 3.8) is 0 Å². The summed E-state index contributed by atoms with van der Waals surface area (Å²) < 4.78 is 5.20. The molecule has 31 heavy (non-hydrogen) atoms. The summed E-state index contributed by atoms with van der Waals surface area (Å²) in [6.07, 6.45) is 0. The van der Waals surface area contributed by atoms with Crippen molar-refractivity contribution in [2.24, 2.45) is 0 Å². The van der Waals surface area contributed by atoms with Crippen molar-refractivity contribution in [1.82, 2.24) is 5.32 Å². The Hall–Kier alpha value is -3.42. The van der Waals surface area contributed by atoms with Crippen LogP contribution in [0.2, 0.25) is 5.02 Å². The molecular weight excluding hydrogens is 434 g/mol. The number of benzene rings is 3. The Labute approximate surface area is 190 Å². The summed E-state index contributed by atoms with van der Waals surface area (Å²) in [5.41, 5.74) is 3.02. The number of carbonyl (C=O) groups is 2. The molecule has 0 unspecified atom stereocenters. The highest BCUT2D eigenvalue weighted by Crippen LogP contribution is 2.23. The molecule has 0 atom stereocenters. The molecule has 3 rings (SSSR count). The van der Waals surface area contributed by atoms with Gasteiger partial charge in [-0.2, -0.15) is 0 Å². The molecule has 0 aliphatic heterocycles. The molecule has 8 heteroatoms. The van der Waals surface area contributed by atoms with Gasteiger partial charge in [0.15, 0.2) is 5.11 Å². The van der Waals surface area contributed by atoms with Gasteiger partial charge >= 0.3 is 0 Å². The topological polar surface area (TPSA) is 79.5 Å². The molecule has 0 aromatic heterocycles. The largest absolute Gasteiger partial charge is 0.496 e. The van der Waals surface area contributed by atoms with Crippen molar-refractivity contribution in [2.75, 3.05) is 17.7 Å². The maximum absolute atomic E-state index is 12.5. The lowest BCUT2D eigenvalue weighted by molar-refractivity contribution is 0.0973. The fourth-order valence-electron chi connectivity index (χ4n) is 2.86. The molecule has 2 amide bonds. The predicted molar refractivity (Wildman–Crippen MR) is 127 cm³/mol. The van der Waals surface area contributed by atoms with E-state index in [-0.39, 0.29) is 16.6 Å². The average Bonchev–Trinajstić information content (AvgIpc) is 2.76. The first-order valence-electron chi connectivity index (χ1n) is 9.30. The summed E-state index contributed by atoms with van der Waals surface area (Å²) in [7, 11) is 1.47. The van der Waals surface area contributed by atoms with E-state index in [1.54, 1.807) is 36.4 Å². The van der Waals surface area contributed by atoms with E-state index in [1.807, 2.05) is 31.2 Å². The minimum absolute atomic E-state index is 0.118. The SMILES string of the molecule is COc1ccc(Cl)cc1C(=O)NC(=S)Nc1ccc(NC(=O)c2ccccc2)c(C)c1. The van der Waals surface area contributed by atoms with Crippen LogP contribution in [0.4, 0.5) is 11.4 Å². The highest BCUT2D eigenvalue weighted by molar-refractivity contribution is 7.80. The number of ether oxygens (including phenoxy) is 1. The first-order valence-corrected chi connectivity index (χ1v) is 10.1. The minimum atomic E-state index is -0.444. The molecular formula is C23H20ClN3O3S. The number of hydrogen-bond donors (Lipinski definition) is 3. The number of rotatable bonds is 5. The molecule has 3 N–H and O–H groups in total. The lowest BCUT2D eigenvalue weighted by Gasteiger charge is -2.14. The second-order valence-corrected chi connectivity index (χ2v) is 7.45. The van der Waals surface area contributed by atoms with E-state index in [4.69, 9.17) is 28.6 Å². The van der Waals surface area contributed by atoms with Crippen LogP contribution >= 0.6 is 23.8 Å². The molecule has 0 radical (unpaired) electrons. The van der Waals surface area contributed by atoms with Gasteiger partial charge in [-0.15, -0.1) is 0 Å². The monoisotopic (exact) mass is 453 g/mol. The lowest BCUT2D eigenvalue weighted by atomic mass is 10.1. The van der Waals surface area contributed by atoms with E-state index in [0.717, 1.165) is 5.56 Å². The van der Waals surface area contributed by atoms with Crippen LogP contribution in [0.25, 0.3) is 0 Å². The zero-order valence-electron chi connectivity index (χ0n) is 16.9. The Bertz CT molecular complexity index is 1140. The first kappa shape index (κ1) is 22.3. The molecule has 158 valence electrons. The van der Waals surface area contributed by atoms with Gasteiger partial charge in [0.25, 0.3) is 11.8 Å². The van der Waals surface area contributed by atoms with Gasteiger partial charge < -0.3 is 15.4 Å². The number of anilines is 2. The van der Waals surface area contributed by atoms with Crippen LogP contribution < -0.4 is 20.7 Å². The highest BCUT2D eigenvalue weighted by Gasteiger charge is 2.15. The van der Waals surface area contributed by atoms with Crippen molar-refractivity contribution in [3.8, 4) is 5.75 Å². The van der Waals surface area contributed by atoms with Gasteiger partial charge in [0.05, 0.1) is 12.7 Å². The number of halogens is 1. The Morgan fingerprint density at radius 2 is 1.68 bits per heavy atom. The van der Waals surface area contributed by atoms with Gasteiger partial charge in [-0.3, -0.25) is 14.9 Å². The van der Waals surface area contributed by atoms with Crippen LogP contribution in [0.1, 0.15) is 26.3 Å². The number of hydrogen-bond acceptors (Lipinski definition) is 4. The van der Waals surface area contributed by atoms with E-state index in [9.17, 15) is 9.59 Å². The van der Waals surface area contributed by atoms with Gasteiger partial charge in [0.1, 0.15) is 5.75 Å². The molecule has 0 saturated heterocycles. The van der Waals surface area contributed by atoms with Gasteiger partial charge in [0, 0.05) is 22.0 Å². The van der Waals surface area contributed by atoms with Crippen molar-refractivity contribution in [2.45, 2.75) is 6.92 Å². The van der Waals surface area contributed by atoms with Gasteiger partial charge in [0.2, 0.25) is 0 Å². The number of thiocarbonyl (C=S) groups is 1. The molecule has 0 aliphatic rings. The second kappa shape index (κ2) is 10.1. The smallest absolute Gasteiger partial charge is 0.261 e. The van der Waals surface area contributed by atoms with Crippen LogP contribution in [0.3, 0.4) is 0 Å². The fourth-order valence-corrected chi connectivity index (χ4v) is 3.24. The third-order valence-electron chi connectivity index (χ3n) is 4.40. The number of methoxy groups -OCH3 is 1. The zero-order chi connectivity index (χ0) is 22.4. The zero-order valence-corrected chi connectivity index (χ0v) is 18.4. The summed E-state index contributed by atoms with van der Waals surface area (Å²) in [6, 6.07) is 19.1. The maximum Gasteiger partial charge on any atom is 0.261 e. The summed E-state index contributed by atoms with van der Waals surface area (Å²) in [5, 5.41) is 8.98. The van der Waals surface area contributed by atoms with Crippen LogP contribution in [0, 0.1) is 6.92 Å². The molecule has 0 heterocycles. The molecule has 0 bridgehead atoms. The molecule has 3 aromatic rings. The van der Waals surface area contributed by atoms with E-state index in [1.165, 1.54) is 13.2 Å². The molecule has 0 spiro atoms. The minimum Gasteiger partial charge on any atom is -0.496 e. The number of amides is 2. The molecule has 0 aliphatic carbocycles. The lowest BCUT2D eigenvalue weighted by Crippen LogP contribution is -2.34. The Morgan fingerprint density at radius 3 is 2.35 bits per heavy atom. The number of nitrogens with one attached hydrogen (secondary N) is 3. The fraction of sp³-hybridized carbons (Fsp3) is 0.0870. The molecule has 0 saturated carbocycles. The molecule has 3 aromatic carbocycles. The Morgan fingerprint density at radius 1 is 0.935 bits per heavy atom. The van der Waals surface area contributed by atoms with Crippen molar-refractivity contribution < 1.29 is 14.3 Å². The third-order valence-corrected chi connectivity index (χ3v) is 4.84. The highest BCUT2D eigenvalue weighted by atomic mass is 35.5. The first-order chi connectivity index (χ1) is 14.9. The predicted octanol–water partition coefficient (Wildman–Crippen LogP) is 5.04. The average molecular weight is 454 g/mol. The van der Waals surface area contributed by atoms with E-state index in [0.29, 0.717) is 27.7 Å². The summed E-state index contributed by atoms with van der Waals surface area (Å²) in [4.78, 5) is 24.9.